The van der Waals surface area contributed by atoms with Crippen LogP contribution in [0.1, 0.15) is 54.2 Å². The van der Waals surface area contributed by atoms with Gasteiger partial charge in [0.15, 0.2) is 0 Å². The second-order valence-corrected chi connectivity index (χ2v) is 7.24. The topological polar surface area (TPSA) is 30.5 Å². The van der Waals surface area contributed by atoms with Crippen LogP contribution in [0.25, 0.3) is 0 Å². The Balaban J connectivity index is 1.82. The van der Waals surface area contributed by atoms with Gasteiger partial charge in [-0.3, -0.25) is 0 Å². The molecule has 0 saturated carbocycles. The number of fused-ring (bicyclic) bond motifs is 3. The Hall–Kier alpha value is -2.00. The van der Waals surface area contributed by atoms with E-state index in [2.05, 4.69) is 55.6 Å². The van der Waals surface area contributed by atoms with Gasteiger partial charge in [0.25, 0.3) is 0 Å². The maximum atomic E-state index is 6.29. The zero-order valence-corrected chi connectivity index (χ0v) is 15.3. The van der Waals surface area contributed by atoms with E-state index in [9.17, 15) is 0 Å². The fourth-order valence-corrected chi connectivity index (χ4v) is 4.48. The van der Waals surface area contributed by atoms with Gasteiger partial charge in [0.05, 0.1) is 18.8 Å². The number of hydrogen-bond donors (Lipinski definition) is 1. The van der Waals surface area contributed by atoms with Crippen LogP contribution in [0.5, 0.6) is 5.75 Å². The molecule has 3 atom stereocenters. The first-order valence-corrected chi connectivity index (χ1v) is 9.40. The molecule has 2 aliphatic heterocycles. The van der Waals surface area contributed by atoms with Crippen LogP contribution in [-0.2, 0) is 4.74 Å². The predicted molar refractivity (Wildman–Crippen MR) is 101 cm³/mol. The molecule has 1 N–H and O–H groups in total. The third kappa shape index (κ3) is 2.91. The van der Waals surface area contributed by atoms with Gasteiger partial charge in [-0.05, 0) is 45.2 Å². The van der Waals surface area contributed by atoms with Gasteiger partial charge in [0, 0.05) is 29.3 Å². The number of aryl methyl sites for hydroxylation is 2. The Bertz CT molecular complexity index is 771. The van der Waals surface area contributed by atoms with E-state index in [0.717, 1.165) is 18.8 Å². The Labute approximate surface area is 150 Å². The summed E-state index contributed by atoms with van der Waals surface area (Å²) in [7, 11) is 0. The molecular formula is C22H27NO2. The molecule has 0 spiro atoms. The summed E-state index contributed by atoms with van der Waals surface area (Å²) in [4.78, 5) is 0. The zero-order valence-electron chi connectivity index (χ0n) is 15.3. The highest BCUT2D eigenvalue weighted by atomic mass is 16.5. The minimum absolute atomic E-state index is 0.170. The van der Waals surface area contributed by atoms with Crippen molar-refractivity contribution in [1.29, 1.82) is 0 Å². The average molecular weight is 337 g/mol. The fourth-order valence-electron chi connectivity index (χ4n) is 4.48. The molecule has 2 aromatic rings. The van der Waals surface area contributed by atoms with Crippen molar-refractivity contribution in [3.05, 3.63) is 58.7 Å². The molecule has 132 valence electrons. The third-order valence-corrected chi connectivity index (χ3v) is 5.47. The van der Waals surface area contributed by atoms with E-state index >= 15 is 0 Å². The molecule has 4 rings (SSSR count). The van der Waals surface area contributed by atoms with Gasteiger partial charge < -0.3 is 14.8 Å². The molecule has 3 heteroatoms. The lowest BCUT2D eigenvalue weighted by molar-refractivity contribution is -0.0384. The van der Waals surface area contributed by atoms with Crippen molar-refractivity contribution >= 4 is 5.69 Å². The molecule has 2 aliphatic rings. The van der Waals surface area contributed by atoms with E-state index in [1.807, 2.05) is 6.92 Å². The second kappa shape index (κ2) is 6.72. The van der Waals surface area contributed by atoms with Crippen LogP contribution >= 0.6 is 0 Å². The second-order valence-electron chi connectivity index (χ2n) is 7.24. The van der Waals surface area contributed by atoms with E-state index < -0.39 is 0 Å². The van der Waals surface area contributed by atoms with Gasteiger partial charge in [-0.25, -0.2) is 0 Å². The molecule has 3 nitrogen and oxygen atoms in total. The van der Waals surface area contributed by atoms with Gasteiger partial charge in [0.2, 0.25) is 0 Å². The number of nitrogens with one attached hydrogen (secondary N) is 1. The molecule has 2 heterocycles. The fraction of sp³-hybridized carbons (Fsp3) is 0.455. The first-order chi connectivity index (χ1) is 12.2. The smallest absolute Gasteiger partial charge is 0.124 e. The summed E-state index contributed by atoms with van der Waals surface area (Å²) in [6.45, 7) is 7.94. The summed E-state index contributed by atoms with van der Waals surface area (Å²) in [5, 5.41) is 3.85. The highest BCUT2D eigenvalue weighted by Gasteiger charge is 2.41. The van der Waals surface area contributed by atoms with Gasteiger partial charge in [-0.2, -0.15) is 0 Å². The molecule has 1 saturated heterocycles. The first-order valence-electron chi connectivity index (χ1n) is 9.40. The van der Waals surface area contributed by atoms with Crippen LogP contribution in [0.4, 0.5) is 5.69 Å². The Morgan fingerprint density at radius 2 is 2.00 bits per heavy atom. The van der Waals surface area contributed by atoms with E-state index in [1.54, 1.807) is 0 Å². The van der Waals surface area contributed by atoms with E-state index in [-0.39, 0.29) is 12.1 Å². The number of hydrogen-bond acceptors (Lipinski definition) is 3. The summed E-state index contributed by atoms with van der Waals surface area (Å²) in [6, 6.07) is 13.2. The van der Waals surface area contributed by atoms with E-state index in [4.69, 9.17) is 9.47 Å². The largest absolute Gasteiger partial charge is 0.494 e. The highest BCUT2D eigenvalue weighted by Crippen LogP contribution is 2.51. The number of para-hydroxylation sites is 1. The standard InChI is InChI=1S/C22H27NO2/c1-4-24-19-10-6-5-8-16(19)21-17-9-7-11-25-22(17)18-13-14(2)12-15(3)20(18)23-21/h5-6,8,10,12-13,17,21-23H,4,7,9,11H2,1-3H3/t17-,21+,22-/m0/s1. The van der Waals surface area contributed by atoms with Crippen molar-refractivity contribution < 1.29 is 9.47 Å². The number of benzene rings is 2. The molecule has 0 aliphatic carbocycles. The molecule has 1 fully saturated rings. The SMILES string of the molecule is CCOc1ccccc1[C@H]1Nc2c(C)cc(C)cc2[C@H]2OCCC[C@@H]12. The predicted octanol–water partition coefficient (Wildman–Crippen LogP) is 5.34. The quantitative estimate of drug-likeness (QED) is 0.820. The van der Waals surface area contributed by atoms with Crippen LogP contribution < -0.4 is 10.1 Å². The number of rotatable bonds is 3. The normalized spacial score (nSPS) is 24.8. The van der Waals surface area contributed by atoms with Gasteiger partial charge >= 0.3 is 0 Å². The minimum atomic E-state index is 0.170. The molecule has 0 aromatic heterocycles. The molecule has 0 unspecified atom stereocenters. The Kier molecular flexibility index (Phi) is 4.43. The van der Waals surface area contributed by atoms with Crippen molar-refractivity contribution in [3.8, 4) is 5.75 Å². The lowest BCUT2D eigenvalue weighted by Crippen LogP contribution is -2.36. The van der Waals surface area contributed by atoms with Crippen LogP contribution in [0.15, 0.2) is 36.4 Å². The van der Waals surface area contributed by atoms with Gasteiger partial charge in [0.1, 0.15) is 5.75 Å². The maximum Gasteiger partial charge on any atom is 0.124 e. The van der Waals surface area contributed by atoms with E-state index in [0.29, 0.717) is 12.5 Å². The first kappa shape index (κ1) is 16.5. The maximum absolute atomic E-state index is 6.29. The van der Waals surface area contributed by atoms with Crippen molar-refractivity contribution in [2.75, 3.05) is 18.5 Å². The van der Waals surface area contributed by atoms with Crippen molar-refractivity contribution in [2.45, 2.75) is 45.8 Å². The zero-order chi connectivity index (χ0) is 17.4. The summed E-state index contributed by atoms with van der Waals surface area (Å²) < 4.78 is 12.2. The molecular weight excluding hydrogens is 310 g/mol. The highest BCUT2D eigenvalue weighted by molar-refractivity contribution is 5.63. The van der Waals surface area contributed by atoms with Crippen molar-refractivity contribution in [3.63, 3.8) is 0 Å². The lowest BCUT2D eigenvalue weighted by atomic mass is 9.76. The Morgan fingerprint density at radius 3 is 2.84 bits per heavy atom. The van der Waals surface area contributed by atoms with Crippen molar-refractivity contribution in [2.24, 2.45) is 5.92 Å². The molecule has 0 amide bonds. The lowest BCUT2D eigenvalue weighted by Gasteiger charge is -2.44. The van der Waals surface area contributed by atoms with Gasteiger partial charge in [-0.1, -0.05) is 35.9 Å². The van der Waals surface area contributed by atoms with Crippen LogP contribution in [0.2, 0.25) is 0 Å². The van der Waals surface area contributed by atoms with Crippen molar-refractivity contribution in [1.82, 2.24) is 0 Å². The molecule has 25 heavy (non-hydrogen) atoms. The van der Waals surface area contributed by atoms with Crippen LogP contribution in [0, 0.1) is 19.8 Å². The third-order valence-electron chi connectivity index (χ3n) is 5.47. The summed E-state index contributed by atoms with van der Waals surface area (Å²) in [6.07, 6.45) is 2.47. The van der Waals surface area contributed by atoms with Crippen LogP contribution in [-0.4, -0.2) is 13.2 Å². The molecule has 2 aromatic carbocycles. The van der Waals surface area contributed by atoms with Gasteiger partial charge in [-0.15, -0.1) is 0 Å². The minimum Gasteiger partial charge on any atom is -0.494 e. The Morgan fingerprint density at radius 1 is 1.16 bits per heavy atom. The number of ether oxygens (including phenoxy) is 2. The average Bonchev–Trinajstić information content (AvgIpc) is 2.62. The summed E-state index contributed by atoms with van der Waals surface area (Å²) in [5.74, 6) is 1.42. The molecule has 0 bridgehead atoms. The summed E-state index contributed by atoms with van der Waals surface area (Å²) in [5.41, 5.74) is 6.41. The summed E-state index contributed by atoms with van der Waals surface area (Å²) >= 11 is 0. The monoisotopic (exact) mass is 337 g/mol. The van der Waals surface area contributed by atoms with Crippen LogP contribution in [0.3, 0.4) is 0 Å². The number of anilines is 1. The molecule has 0 radical (unpaired) electrons. The van der Waals surface area contributed by atoms with E-state index in [1.165, 1.54) is 34.4 Å².